The summed E-state index contributed by atoms with van der Waals surface area (Å²) in [5.41, 5.74) is 12.1. The van der Waals surface area contributed by atoms with Gasteiger partial charge in [0.15, 0.2) is 0 Å². The summed E-state index contributed by atoms with van der Waals surface area (Å²) in [5, 5.41) is 4.55. The average molecular weight is 781 g/mol. The van der Waals surface area contributed by atoms with E-state index in [4.69, 9.17) is 9.47 Å². The van der Waals surface area contributed by atoms with Crippen molar-refractivity contribution in [1.29, 1.82) is 0 Å². The summed E-state index contributed by atoms with van der Waals surface area (Å²) in [6, 6.07) is 79.5. The first-order valence-electron chi connectivity index (χ1n) is 20.8. The summed E-state index contributed by atoms with van der Waals surface area (Å²) in [6.45, 7) is -0.158. The van der Waals surface area contributed by atoms with Crippen LogP contribution < -0.4 is 35.7 Å². The Morgan fingerprint density at radius 3 is 1.08 bits per heavy atom. The fourth-order valence-electron chi connectivity index (χ4n) is 9.52. The second kappa shape index (κ2) is 14.4. The van der Waals surface area contributed by atoms with Gasteiger partial charge in [-0.1, -0.05) is 152 Å². The summed E-state index contributed by atoms with van der Waals surface area (Å²) >= 11 is 0. The van der Waals surface area contributed by atoms with Crippen molar-refractivity contribution in [2.75, 3.05) is 9.80 Å². The van der Waals surface area contributed by atoms with Gasteiger partial charge in [-0.05, 0) is 93.5 Å². The van der Waals surface area contributed by atoms with Crippen LogP contribution in [-0.4, -0.2) is 6.71 Å². The number of hydrogen-bond donors (Lipinski definition) is 0. The number of para-hydroxylation sites is 3. The number of rotatable bonds is 7. The molecule has 0 radical (unpaired) electrons. The number of fused-ring (bicyclic) bond motifs is 8. The Kier molecular flexibility index (Phi) is 8.24. The SMILES string of the molecule is c1ccc(-c2ccc(N(c3ccccc3)c3cc4c(c5ccccc35)B3c5c(cccc5O4)Oc4cc(N(c5ccccc5)c5ccccc5)c5ccccc5c43)cc2)cc1. The third-order valence-electron chi connectivity index (χ3n) is 12.1. The molecule has 0 amide bonds. The van der Waals surface area contributed by atoms with E-state index in [-0.39, 0.29) is 6.71 Å². The van der Waals surface area contributed by atoms with Gasteiger partial charge >= 0.3 is 0 Å². The summed E-state index contributed by atoms with van der Waals surface area (Å²) < 4.78 is 14.1. The van der Waals surface area contributed by atoms with Crippen molar-refractivity contribution in [3.8, 4) is 34.1 Å². The van der Waals surface area contributed by atoms with Gasteiger partial charge in [-0.25, -0.2) is 0 Å². The number of hydrogen-bond acceptors (Lipinski definition) is 4. The van der Waals surface area contributed by atoms with Gasteiger partial charge in [0.05, 0.1) is 11.4 Å². The van der Waals surface area contributed by atoms with Crippen LogP contribution in [0.5, 0.6) is 23.0 Å². The number of benzene rings is 10. The molecule has 10 aromatic rings. The van der Waals surface area contributed by atoms with Crippen LogP contribution in [0.3, 0.4) is 0 Å². The highest BCUT2D eigenvalue weighted by atomic mass is 16.5. The lowest BCUT2D eigenvalue weighted by Gasteiger charge is -2.37. The molecule has 4 nitrogen and oxygen atoms in total. The molecule has 0 saturated carbocycles. The molecule has 2 aliphatic rings. The van der Waals surface area contributed by atoms with Crippen LogP contribution in [0, 0.1) is 0 Å². The first-order valence-corrected chi connectivity index (χ1v) is 20.8. The van der Waals surface area contributed by atoms with Gasteiger partial charge in [-0.15, -0.1) is 0 Å². The van der Waals surface area contributed by atoms with Gasteiger partial charge in [0.1, 0.15) is 23.0 Å². The van der Waals surface area contributed by atoms with Crippen LogP contribution in [-0.2, 0) is 0 Å². The highest BCUT2D eigenvalue weighted by molar-refractivity contribution is 7.01. The smallest absolute Gasteiger partial charge is 0.262 e. The molecular weight excluding hydrogens is 743 g/mol. The molecule has 0 saturated heterocycles. The lowest BCUT2D eigenvalue weighted by molar-refractivity contribution is 0.465. The molecule has 0 aliphatic carbocycles. The fraction of sp³-hybridized carbons (Fsp3) is 0. The highest BCUT2D eigenvalue weighted by Gasteiger charge is 2.43. The Hall–Kier alpha value is -8.02. The molecule has 5 heteroatoms. The zero-order valence-electron chi connectivity index (χ0n) is 33.2. The van der Waals surface area contributed by atoms with Crippen LogP contribution >= 0.6 is 0 Å². The predicted molar refractivity (Wildman–Crippen MR) is 254 cm³/mol. The Morgan fingerprint density at radius 1 is 0.279 bits per heavy atom. The second-order valence-corrected chi connectivity index (χ2v) is 15.6. The van der Waals surface area contributed by atoms with Gasteiger partial charge in [0.25, 0.3) is 6.71 Å². The van der Waals surface area contributed by atoms with E-state index in [0.29, 0.717) is 0 Å². The van der Waals surface area contributed by atoms with E-state index < -0.39 is 0 Å². The average Bonchev–Trinajstić information content (AvgIpc) is 3.33. The summed E-state index contributed by atoms with van der Waals surface area (Å²) in [6.07, 6.45) is 0. The molecule has 10 aromatic carbocycles. The predicted octanol–water partition coefficient (Wildman–Crippen LogP) is 13.3. The van der Waals surface area contributed by atoms with Crippen LogP contribution in [0.15, 0.2) is 224 Å². The van der Waals surface area contributed by atoms with E-state index >= 15 is 0 Å². The molecule has 2 heterocycles. The molecule has 0 N–H and O–H groups in total. The quantitative estimate of drug-likeness (QED) is 0.150. The Labute approximate surface area is 355 Å². The molecule has 12 rings (SSSR count). The topological polar surface area (TPSA) is 24.9 Å². The normalized spacial score (nSPS) is 12.2. The van der Waals surface area contributed by atoms with Crippen molar-refractivity contribution in [2.24, 2.45) is 0 Å². The van der Waals surface area contributed by atoms with Crippen molar-refractivity contribution in [3.05, 3.63) is 224 Å². The van der Waals surface area contributed by atoms with Crippen LogP contribution in [0.1, 0.15) is 0 Å². The molecule has 61 heavy (non-hydrogen) atoms. The largest absolute Gasteiger partial charge is 0.458 e. The van der Waals surface area contributed by atoms with Gasteiger partial charge < -0.3 is 19.3 Å². The monoisotopic (exact) mass is 780 g/mol. The highest BCUT2D eigenvalue weighted by Crippen LogP contribution is 2.47. The van der Waals surface area contributed by atoms with Gasteiger partial charge in [0.2, 0.25) is 0 Å². The van der Waals surface area contributed by atoms with E-state index in [0.717, 1.165) is 95.1 Å². The second-order valence-electron chi connectivity index (χ2n) is 15.6. The van der Waals surface area contributed by atoms with E-state index in [2.05, 4.69) is 228 Å². The zero-order chi connectivity index (χ0) is 40.3. The zero-order valence-corrected chi connectivity index (χ0v) is 33.2. The molecule has 0 aromatic heterocycles. The minimum atomic E-state index is -0.158. The van der Waals surface area contributed by atoms with Crippen molar-refractivity contribution >= 4 is 78.8 Å². The molecule has 2 aliphatic heterocycles. The first-order chi connectivity index (χ1) is 30.3. The Morgan fingerprint density at radius 2 is 0.639 bits per heavy atom. The van der Waals surface area contributed by atoms with E-state index in [1.807, 2.05) is 6.07 Å². The number of ether oxygens (including phenoxy) is 2. The van der Waals surface area contributed by atoms with Crippen molar-refractivity contribution in [2.45, 2.75) is 0 Å². The fourth-order valence-corrected chi connectivity index (χ4v) is 9.52. The van der Waals surface area contributed by atoms with E-state index in [1.165, 1.54) is 11.1 Å². The summed E-state index contributed by atoms with van der Waals surface area (Å²) in [4.78, 5) is 4.69. The van der Waals surface area contributed by atoms with E-state index in [1.54, 1.807) is 0 Å². The molecule has 286 valence electrons. The lowest BCUT2D eigenvalue weighted by Crippen LogP contribution is -2.58. The molecule has 0 atom stereocenters. The molecule has 0 unspecified atom stereocenters. The minimum absolute atomic E-state index is 0.158. The van der Waals surface area contributed by atoms with Crippen LogP contribution in [0.25, 0.3) is 32.7 Å². The summed E-state index contributed by atoms with van der Waals surface area (Å²) in [7, 11) is 0. The van der Waals surface area contributed by atoms with Crippen LogP contribution in [0.4, 0.5) is 34.1 Å². The molecule has 0 spiro atoms. The lowest BCUT2D eigenvalue weighted by atomic mass is 9.33. The molecular formula is C56H37BN2O2. The minimum Gasteiger partial charge on any atom is -0.458 e. The Balaban J connectivity index is 1.09. The third-order valence-corrected chi connectivity index (χ3v) is 12.1. The molecule has 0 fully saturated rings. The van der Waals surface area contributed by atoms with Gasteiger partial charge in [-0.2, -0.15) is 0 Å². The molecule has 0 bridgehead atoms. The first kappa shape index (κ1) is 35.0. The third kappa shape index (κ3) is 5.77. The maximum atomic E-state index is 7.06. The van der Waals surface area contributed by atoms with Crippen molar-refractivity contribution in [3.63, 3.8) is 0 Å². The maximum absolute atomic E-state index is 7.06. The number of anilines is 6. The van der Waals surface area contributed by atoms with Crippen molar-refractivity contribution < 1.29 is 9.47 Å². The Bertz CT molecular complexity index is 3210. The van der Waals surface area contributed by atoms with Gasteiger partial charge in [0, 0.05) is 51.1 Å². The standard InChI is InChI=1S/C56H37BN2O2/c1-5-18-38(19-6-1)39-32-34-43(35-33-39)59(42-24-11-4-12-25-42)49-37-53-55(47-29-16-14-27-45(47)49)57-54-46-28-15-13-26-44(46)48(36-52(54)60-50-30-17-31-51(61-53)56(50)57)58(40-20-7-2-8-21-40)41-22-9-3-10-23-41/h1-37H. The van der Waals surface area contributed by atoms with Gasteiger partial charge in [-0.3, -0.25) is 0 Å². The summed E-state index contributed by atoms with van der Waals surface area (Å²) in [5.74, 6) is 3.29. The van der Waals surface area contributed by atoms with E-state index in [9.17, 15) is 0 Å². The maximum Gasteiger partial charge on any atom is 0.262 e. The van der Waals surface area contributed by atoms with Crippen molar-refractivity contribution in [1.82, 2.24) is 0 Å². The number of nitrogens with zero attached hydrogens (tertiary/aromatic N) is 2. The van der Waals surface area contributed by atoms with Crippen LogP contribution in [0.2, 0.25) is 0 Å².